The molecule has 180 valence electrons. The largest absolute Gasteiger partial charge is 0.434 e. The van der Waals surface area contributed by atoms with Crippen molar-refractivity contribution in [1.29, 1.82) is 0 Å². The summed E-state index contributed by atoms with van der Waals surface area (Å²) in [5.74, 6) is -2.34. The average molecular weight is 478 g/mol. The SMILES string of the molecule is O=C(c1ccccc1OC(F)F)N1CCC2(CC1)OC1CC[C@@H](c3cc(F)cc(F)c3)N1C2=O. The fraction of sp³-hybridized carbons (Fsp3) is 0.417. The van der Waals surface area contributed by atoms with Crippen LogP contribution < -0.4 is 4.74 Å². The lowest BCUT2D eigenvalue weighted by atomic mass is 9.89. The molecule has 0 N–H and O–H groups in total. The van der Waals surface area contributed by atoms with Gasteiger partial charge in [0.25, 0.3) is 11.8 Å². The monoisotopic (exact) mass is 478 g/mol. The Hall–Kier alpha value is -3.14. The van der Waals surface area contributed by atoms with E-state index >= 15 is 0 Å². The van der Waals surface area contributed by atoms with Crippen molar-refractivity contribution >= 4 is 11.8 Å². The molecule has 0 saturated carbocycles. The van der Waals surface area contributed by atoms with Crippen molar-refractivity contribution in [2.45, 2.75) is 50.2 Å². The van der Waals surface area contributed by atoms with Crippen LogP contribution in [0.1, 0.15) is 47.6 Å². The van der Waals surface area contributed by atoms with Gasteiger partial charge in [-0.25, -0.2) is 8.78 Å². The number of fused-ring (bicyclic) bond motifs is 1. The zero-order chi connectivity index (χ0) is 24.0. The first-order chi connectivity index (χ1) is 16.3. The maximum Gasteiger partial charge on any atom is 0.387 e. The number of alkyl halides is 2. The lowest BCUT2D eigenvalue weighted by Gasteiger charge is -2.37. The number of benzene rings is 2. The number of ether oxygens (including phenoxy) is 2. The van der Waals surface area contributed by atoms with Crippen molar-refractivity contribution in [3.63, 3.8) is 0 Å². The van der Waals surface area contributed by atoms with Gasteiger partial charge in [0.05, 0.1) is 11.6 Å². The fourth-order valence-electron chi connectivity index (χ4n) is 5.22. The standard InChI is InChI=1S/C24H22F4N2O4/c25-15-11-14(12-16(26)13-15)18-5-6-20-30(18)22(32)24(34-20)7-9-29(10-8-24)21(31)17-3-1-2-4-19(17)33-23(27)28/h1-4,11-13,18,20,23H,5-10H2/t18-,20?/m0/s1. The molecule has 3 aliphatic rings. The summed E-state index contributed by atoms with van der Waals surface area (Å²) >= 11 is 0. The van der Waals surface area contributed by atoms with Crippen molar-refractivity contribution in [3.8, 4) is 5.75 Å². The molecule has 1 spiro atoms. The molecule has 2 amide bonds. The second kappa shape index (κ2) is 8.57. The summed E-state index contributed by atoms with van der Waals surface area (Å²) in [4.78, 5) is 29.5. The lowest BCUT2D eigenvalue weighted by Crippen LogP contribution is -2.51. The van der Waals surface area contributed by atoms with Gasteiger partial charge in [0.2, 0.25) is 0 Å². The summed E-state index contributed by atoms with van der Waals surface area (Å²) in [7, 11) is 0. The van der Waals surface area contributed by atoms with Gasteiger partial charge in [-0.15, -0.1) is 0 Å². The quantitative estimate of drug-likeness (QED) is 0.617. The third-order valence-electron chi connectivity index (χ3n) is 6.78. The van der Waals surface area contributed by atoms with Crippen molar-refractivity contribution in [3.05, 3.63) is 65.2 Å². The minimum atomic E-state index is -3.06. The van der Waals surface area contributed by atoms with Crippen LogP contribution in [-0.4, -0.2) is 53.1 Å². The molecule has 0 bridgehead atoms. The molecule has 3 aliphatic heterocycles. The first kappa shape index (κ1) is 22.6. The van der Waals surface area contributed by atoms with Gasteiger partial charge in [0.1, 0.15) is 23.6 Å². The Morgan fingerprint density at radius 3 is 2.41 bits per heavy atom. The summed E-state index contributed by atoms with van der Waals surface area (Å²) in [6.07, 6.45) is 1.03. The molecule has 6 nitrogen and oxygen atoms in total. The molecule has 0 aliphatic carbocycles. The number of hydrogen-bond donors (Lipinski definition) is 0. The first-order valence-corrected chi connectivity index (χ1v) is 11.1. The number of halogens is 4. The zero-order valence-corrected chi connectivity index (χ0v) is 18.1. The number of amides is 2. The van der Waals surface area contributed by atoms with Crippen LogP contribution in [0.3, 0.4) is 0 Å². The Morgan fingerprint density at radius 1 is 1.06 bits per heavy atom. The number of para-hydroxylation sites is 1. The van der Waals surface area contributed by atoms with E-state index in [2.05, 4.69) is 4.74 Å². The predicted molar refractivity (Wildman–Crippen MR) is 111 cm³/mol. The highest BCUT2D eigenvalue weighted by atomic mass is 19.3. The van der Waals surface area contributed by atoms with Crippen LogP contribution in [0.15, 0.2) is 42.5 Å². The van der Waals surface area contributed by atoms with Gasteiger partial charge in [0, 0.05) is 32.0 Å². The van der Waals surface area contributed by atoms with Gasteiger partial charge in [-0.1, -0.05) is 12.1 Å². The molecule has 0 aromatic heterocycles. The Kier molecular flexibility index (Phi) is 5.71. The minimum absolute atomic E-state index is 0.0197. The Balaban J connectivity index is 1.30. The van der Waals surface area contributed by atoms with E-state index in [1.54, 1.807) is 11.0 Å². The normalized spacial score (nSPS) is 23.6. The van der Waals surface area contributed by atoms with Crippen LogP contribution in [0.5, 0.6) is 5.75 Å². The smallest absolute Gasteiger partial charge is 0.387 e. The molecule has 3 heterocycles. The third kappa shape index (κ3) is 3.89. The van der Waals surface area contributed by atoms with Crippen LogP contribution in [0.2, 0.25) is 0 Å². The van der Waals surface area contributed by atoms with Gasteiger partial charge >= 0.3 is 6.61 Å². The molecule has 3 saturated heterocycles. The van der Waals surface area contributed by atoms with Gasteiger partial charge in [-0.05, 0) is 42.7 Å². The zero-order valence-electron chi connectivity index (χ0n) is 18.1. The average Bonchev–Trinajstić information content (AvgIpc) is 3.31. The van der Waals surface area contributed by atoms with E-state index in [1.165, 1.54) is 35.2 Å². The molecule has 0 radical (unpaired) electrons. The van der Waals surface area contributed by atoms with Crippen LogP contribution in [0, 0.1) is 11.6 Å². The van der Waals surface area contributed by atoms with Crippen molar-refractivity contribution in [2.24, 2.45) is 0 Å². The molecule has 3 fully saturated rings. The number of piperidine rings is 1. The summed E-state index contributed by atoms with van der Waals surface area (Å²) in [6, 6.07) is 8.54. The summed E-state index contributed by atoms with van der Waals surface area (Å²) < 4.78 is 63.6. The van der Waals surface area contributed by atoms with Crippen molar-refractivity contribution < 1.29 is 36.6 Å². The Morgan fingerprint density at radius 2 is 1.74 bits per heavy atom. The number of carbonyl (C=O) groups excluding carboxylic acids is 2. The topological polar surface area (TPSA) is 59.1 Å². The van der Waals surface area contributed by atoms with Gasteiger partial charge in [-0.2, -0.15) is 8.78 Å². The number of rotatable bonds is 4. The summed E-state index contributed by atoms with van der Waals surface area (Å²) in [6.45, 7) is -2.68. The maximum atomic E-state index is 13.8. The highest BCUT2D eigenvalue weighted by Crippen LogP contribution is 2.48. The summed E-state index contributed by atoms with van der Waals surface area (Å²) in [5, 5.41) is 0. The second-order valence-corrected chi connectivity index (χ2v) is 8.74. The van der Waals surface area contributed by atoms with Crippen molar-refractivity contribution in [2.75, 3.05) is 13.1 Å². The molecule has 10 heteroatoms. The van der Waals surface area contributed by atoms with Crippen LogP contribution in [0.25, 0.3) is 0 Å². The molecular formula is C24H22F4N2O4. The number of carbonyl (C=O) groups is 2. The van der Waals surface area contributed by atoms with E-state index in [0.717, 1.165) is 6.07 Å². The van der Waals surface area contributed by atoms with E-state index in [9.17, 15) is 27.2 Å². The molecule has 2 atom stereocenters. The third-order valence-corrected chi connectivity index (χ3v) is 6.78. The number of hydrogen-bond acceptors (Lipinski definition) is 4. The van der Waals surface area contributed by atoms with E-state index in [1.807, 2.05) is 0 Å². The molecular weight excluding hydrogens is 456 g/mol. The molecule has 2 aromatic rings. The minimum Gasteiger partial charge on any atom is -0.434 e. The van der Waals surface area contributed by atoms with Crippen molar-refractivity contribution in [1.82, 2.24) is 9.80 Å². The lowest BCUT2D eigenvalue weighted by molar-refractivity contribution is -0.142. The van der Waals surface area contributed by atoms with Crippen LogP contribution in [0.4, 0.5) is 17.6 Å². The highest BCUT2D eigenvalue weighted by Gasteiger charge is 2.58. The summed E-state index contributed by atoms with van der Waals surface area (Å²) in [5.41, 5.74) is -0.714. The molecule has 1 unspecified atom stereocenters. The maximum absolute atomic E-state index is 13.8. The Bertz CT molecular complexity index is 1100. The second-order valence-electron chi connectivity index (χ2n) is 8.74. The predicted octanol–water partition coefficient (Wildman–Crippen LogP) is 4.26. The first-order valence-electron chi connectivity index (χ1n) is 11.1. The van der Waals surface area contributed by atoms with Gasteiger partial charge in [-0.3, -0.25) is 9.59 Å². The molecule has 5 rings (SSSR count). The molecule has 34 heavy (non-hydrogen) atoms. The fourth-order valence-corrected chi connectivity index (χ4v) is 5.22. The van der Waals surface area contributed by atoms with E-state index < -0.39 is 42.0 Å². The van der Waals surface area contributed by atoms with Crippen LogP contribution >= 0.6 is 0 Å². The van der Waals surface area contributed by atoms with Gasteiger partial charge < -0.3 is 19.3 Å². The van der Waals surface area contributed by atoms with Crippen LogP contribution in [-0.2, 0) is 9.53 Å². The van der Waals surface area contributed by atoms with E-state index in [-0.39, 0.29) is 43.2 Å². The van der Waals surface area contributed by atoms with E-state index in [0.29, 0.717) is 18.4 Å². The Labute approximate surface area is 193 Å². The number of likely N-dealkylation sites (tertiary alicyclic amines) is 1. The molecule has 2 aromatic carbocycles. The van der Waals surface area contributed by atoms with E-state index in [4.69, 9.17) is 4.74 Å². The highest BCUT2D eigenvalue weighted by molar-refractivity contribution is 5.97. The van der Waals surface area contributed by atoms with Gasteiger partial charge in [0.15, 0.2) is 5.60 Å². The number of nitrogens with zero attached hydrogens (tertiary/aromatic N) is 2.